The normalized spacial score (nSPS) is 14.9. The van der Waals surface area contributed by atoms with Crippen LogP contribution in [0.25, 0.3) is 85.7 Å². The van der Waals surface area contributed by atoms with Gasteiger partial charge in [0.2, 0.25) is 0 Å². The zero-order valence-corrected chi connectivity index (χ0v) is 29.9. The molecule has 54 heavy (non-hydrogen) atoms. The minimum atomic E-state index is -0.307. The van der Waals surface area contributed by atoms with Crippen molar-refractivity contribution < 1.29 is 0 Å². The number of aliphatic imine (C=N–C) groups is 1. The van der Waals surface area contributed by atoms with E-state index in [1.54, 1.807) is 0 Å². The molecule has 2 aromatic heterocycles. The Bertz CT molecular complexity index is 3370. The van der Waals surface area contributed by atoms with Crippen LogP contribution in [0.5, 0.6) is 0 Å². The van der Waals surface area contributed by atoms with Crippen molar-refractivity contribution in [1.29, 1.82) is 0 Å². The van der Waals surface area contributed by atoms with Crippen molar-refractivity contribution in [3.05, 3.63) is 193 Å². The summed E-state index contributed by atoms with van der Waals surface area (Å²) >= 11 is 1.90. The van der Waals surface area contributed by atoms with Crippen molar-refractivity contribution in [2.75, 3.05) is 0 Å². The van der Waals surface area contributed by atoms with Gasteiger partial charge in [0.25, 0.3) is 0 Å². The van der Waals surface area contributed by atoms with Gasteiger partial charge in [-0.3, -0.25) is 4.99 Å². The van der Waals surface area contributed by atoms with Crippen LogP contribution in [0.3, 0.4) is 0 Å². The minimum Gasteiger partial charge on any atom is -0.359 e. The van der Waals surface area contributed by atoms with Crippen LogP contribution < -0.4 is 5.32 Å². The van der Waals surface area contributed by atoms with E-state index in [4.69, 9.17) is 4.99 Å². The highest BCUT2D eigenvalue weighted by molar-refractivity contribution is 7.26. The van der Waals surface area contributed by atoms with Crippen LogP contribution in [0.15, 0.2) is 181 Å². The van der Waals surface area contributed by atoms with Gasteiger partial charge in [-0.05, 0) is 74.3 Å². The minimum absolute atomic E-state index is 0.307. The van der Waals surface area contributed by atoms with Crippen molar-refractivity contribution in [3.63, 3.8) is 0 Å². The monoisotopic (exact) mass is 705 g/mol. The van der Waals surface area contributed by atoms with Gasteiger partial charge < -0.3 is 9.88 Å². The first-order valence-electron chi connectivity index (χ1n) is 18.5. The second-order valence-electron chi connectivity index (χ2n) is 14.3. The second kappa shape index (κ2) is 11.4. The molecule has 3 heterocycles. The van der Waals surface area contributed by atoms with Crippen molar-refractivity contribution >= 4 is 97.0 Å². The number of allylic oxidation sites excluding steroid dienone is 1. The molecule has 1 N–H and O–H groups in total. The maximum atomic E-state index is 5.50. The molecule has 1 aliphatic rings. The van der Waals surface area contributed by atoms with Gasteiger partial charge in [0.15, 0.2) is 0 Å². The van der Waals surface area contributed by atoms with Crippen molar-refractivity contribution in [2.24, 2.45) is 4.99 Å². The number of hydrogen-bond acceptors (Lipinski definition) is 3. The molecular formula is C50H31N3S. The summed E-state index contributed by atoms with van der Waals surface area (Å²) in [7, 11) is 0. The molecule has 0 bridgehead atoms. The molecule has 1 unspecified atom stereocenters. The zero-order chi connectivity index (χ0) is 35.3. The van der Waals surface area contributed by atoms with Crippen LogP contribution in [0, 0.1) is 0 Å². The summed E-state index contributed by atoms with van der Waals surface area (Å²) in [4.78, 5) is 5.50. The summed E-state index contributed by atoms with van der Waals surface area (Å²) in [6.45, 7) is 0. The highest BCUT2D eigenvalue weighted by atomic mass is 32.1. The Hall–Kier alpha value is -6.75. The Labute approximate surface area is 315 Å². The molecule has 0 fully saturated rings. The predicted octanol–water partition coefficient (Wildman–Crippen LogP) is 13.2. The molecule has 0 aliphatic carbocycles. The summed E-state index contributed by atoms with van der Waals surface area (Å²) < 4.78 is 5.14. The van der Waals surface area contributed by atoms with Gasteiger partial charge in [-0.15, -0.1) is 11.3 Å². The Kier molecular flexibility index (Phi) is 6.27. The van der Waals surface area contributed by atoms with Crippen LogP contribution in [0.2, 0.25) is 0 Å². The number of hydrogen-bond donors (Lipinski definition) is 1. The van der Waals surface area contributed by atoms with Crippen LogP contribution in [0.4, 0.5) is 0 Å². The molecule has 12 rings (SSSR count). The van der Waals surface area contributed by atoms with Crippen LogP contribution in [-0.4, -0.2) is 10.3 Å². The molecule has 3 nitrogen and oxygen atoms in total. The summed E-state index contributed by atoms with van der Waals surface area (Å²) in [6.07, 6.45) is 1.93. The maximum Gasteiger partial charge on any atom is 0.145 e. The van der Waals surface area contributed by atoms with Gasteiger partial charge >= 0.3 is 0 Å². The Balaban J connectivity index is 1.09. The smallest absolute Gasteiger partial charge is 0.145 e. The van der Waals surface area contributed by atoms with Crippen molar-refractivity contribution in [1.82, 2.24) is 9.88 Å². The average Bonchev–Trinajstić information content (AvgIpc) is 3.79. The highest BCUT2D eigenvalue weighted by Crippen LogP contribution is 2.47. The second-order valence-corrected chi connectivity index (χ2v) is 15.4. The summed E-state index contributed by atoms with van der Waals surface area (Å²) in [5.41, 5.74) is 9.08. The van der Waals surface area contributed by atoms with E-state index >= 15 is 0 Å². The standard InChI is InChI=1S/C50H31N3S/c1-3-18-36-30(11-1)13-8-21-38(36)42-29-43(39-22-9-14-31-12-2-4-19-37(31)39)52-50(51-42)34-16-7-17-35(27-34)53-44-23-10-15-32-25-26-33-28-41-40-20-5-6-24-45(40)54-49(41)48(53)47(33)46(32)44/h1-29,50-51H. The van der Waals surface area contributed by atoms with Crippen molar-refractivity contribution in [3.8, 4) is 5.69 Å². The van der Waals surface area contributed by atoms with Gasteiger partial charge in [0.05, 0.1) is 21.4 Å². The van der Waals surface area contributed by atoms with Crippen molar-refractivity contribution in [2.45, 2.75) is 6.17 Å². The van der Waals surface area contributed by atoms with E-state index in [1.807, 2.05) is 11.3 Å². The van der Waals surface area contributed by atoms with E-state index < -0.39 is 0 Å². The molecule has 0 amide bonds. The fraction of sp³-hybridized carbons (Fsp3) is 0.0200. The molecule has 1 aliphatic heterocycles. The third-order valence-electron chi connectivity index (χ3n) is 11.3. The molecule has 4 heteroatoms. The number of benzene rings is 9. The summed E-state index contributed by atoms with van der Waals surface area (Å²) in [6, 6.07) is 61.9. The summed E-state index contributed by atoms with van der Waals surface area (Å²) in [5.74, 6) is 0. The van der Waals surface area contributed by atoms with E-state index in [-0.39, 0.29) is 6.17 Å². The quantitative estimate of drug-likeness (QED) is 0.182. The predicted molar refractivity (Wildman–Crippen MR) is 231 cm³/mol. The number of thiophene rings is 1. The van der Waals surface area contributed by atoms with Crippen LogP contribution in [0.1, 0.15) is 22.9 Å². The zero-order valence-electron chi connectivity index (χ0n) is 29.1. The lowest BCUT2D eigenvalue weighted by molar-refractivity contribution is 0.664. The van der Waals surface area contributed by atoms with E-state index in [0.29, 0.717) is 0 Å². The number of fused-ring (bicyclic) bond motifs is 6. The van der Waals surface area contributed by atoms with Crippen LogP contribution >= 0.6 is 11.3 Å². The fourth-order valence-electron chi connectivity index (χ4n) is 8.93. The molecule has 0 saturated carbocycles. The molecule has 0 radical (unpaired) electrons. The number of aromatic nitrogens is 1. The number of rotatable bonds is 4. The largest absolute Gasteiger partial charge is 0.359 e. The molecule has 0 spiro atoms. The Morgan fingerprint density at radius 1 is 0.519 bits per heavy atom. The molecule has 1 atom stereocenters. The highest BCUT2D eigenvalue weighted by Gasteiger charge is 2.24. The van der Waals surface area contributed by atoms with E-state index in [9.17, 15) is 0 Å². The first-order valence-corrected chi connectivity index (χ1v) is 19.3. The van der Waals surface area contributed by atoms with E-state index in [0.717, 1.165) is 28.2 Å². The molecule has 252 valence electrons. The lowest BCUT2D eigenvalue weighted by atomic mass is 9.95. The first kappa shape index (κ1) is 29.8. The lowest BCUT2D eigenvalue weighted by Gasteiger charge is -2.26. The van der Waals surface area contributed by atoms with Crippen LogP contribution in [-0.2, 0) is 0 Å². The maximum absolute atomic E-state index is 5.50. The average molecular weight is 706 g/mol. The molecule has 11 aromatic rings. The fourth-order valence-corrected chi connectivity index (χ4v) is 10.2. The van der Waals surface area contributed by atoms with Gasteiger partial charge in [0, 0.05) is 48.8 Å². The van der Waals surface area contributed by atoms with Gasteiger partial charge in [-0.25, -0.2) is 0 Å². The van der Waals surface area contributed by atoms with E-state index in [1.165, 1.54) is 79.9 Å². The number of nitrogens with one attached hydrogen (secondary N) is 1. The topological polar surface area (TPSA) is 29.3 Å². The third kappa shape index (κ3) is 4.32. The molecular weight excluding hydrogens is 675 g/mol. The molecule has 0 saturated heterocycles. The first-order chi connectivity index (χ1) is 26.8. The number of nitrogens with zero attached hydrogens (tertiary/aromatic N) is 2. The van der Waals surface area contributed by atoms with Gasteiger partial charge in [-0.1, -0.05) is 140 Å². The van der Waals surface area contributed by atoms with Gasteiger partial charge in [0.1, 0.15) is 6.17 Å². The Morgan fingerprint density at radius 3 is 2.04 bits per heavy atom. The summed E-state index contributed by atoms with van der Waals surface area (Å²) in [5, 5.41) is 16.6. The SMILES string of the molecule is C1=C(c2cccc3ccccc23)NC(c2cccc(-n3c4cccc5ccc6cc7c8ccccc8sc7c3c6c54)c2)N=C1c1cccc2ccccc12. The molecule has 9 aromatic carbocycles. The lowest BCUT2D eigenvalue weighted by Crippen LogP contribution is -2.25. The van der Waals surface area contributed by atoms with Gasteiger partial charge in [-0.2, -0.15) is 0 Å². The van der Waals surface area contributed by atoms with E-state index in [2.05, 4.69) is 186 Å². The Morgan fingerprint density at radius 2 is 1.19 bits per heavy atom. The third-order valence-corrected chi connectivity index (χ3v) is 12.5.